The lowest BCUT2D eigenvalue weighted by Crippen LogP contribution is -2.42. The van der Waals surface area contributed by atoms with E-state index in [1.165, 1.54) is 6.20 Å². The predicted molar refractivity (Wildman–Crippen MR) is 74.4 cm³/mol. The number of aromatic nitrogens is 1. The van der Waals surface area contributed by atoms with E-state index in [4.69, 9.17) is 4.74 Å². The van der Waals surface area contributed by atoms with Gasteiger partial charge < -0.3 is 20.7 Å². The van der Waals surface area contributed by atoms with Crippen molar-refractivity contribution in [3.8, 4) is 0 Å². The van der Waals surface area contributed by atoms with Crippen LogP contribution in [0.2, 0.25) is 0 Å². The Hall–Kier alpha value is -2.15. The number of nitrogens with one attached hydrogen (secondary N) is 3. The third kappa shape index (κ3) is 6.14. The van der Waals surface area contributed by atoms with Gasteiger partial charge in [0, 0.05) is 39.1 Å². The molecule has 0 aliphatic rings. The Morgan fingerprint density at radius 1 is 1.30 bits per heavy atom. The average molecular weight is 280 g/mol. The third-order valence-electron chi connectivity index (χ3n) is 2.57. The molecule has 1 aromatic rings. The maximum absolute atomic E-state index is 11.6. The van der Waals surface area contributed by atoms with Crippen LogP contribution in [0.5, 0.6) is 0 Å². The molecule has 0 aliphatic carbocycles. The van der Waals surface area contributed by atoms with Gasteiger partial charge in [-0.05, 0) is 19.1 Å². The van der Waals surface area contributed by atoms with Gasteiger partial charge in [0.05, 0.1) is 11.7 Å². The van der Waals surface area contributed by atoms with E-state index in [1.807, 2.05) is 6.92 Å². The smallest absolute Gasteiger partial charge is 0.314 e. The van der Waals surface area contributed by atoms with Crippen LogP contribution in [0, 0.1) is 0 Å². The van der Waals surface area contributed by atoms with Gasteiger partial charge in [-0.2, -0.15) is 0 Å². The minimum absolute atomic E-state index is 0.0361. The SMILES string of the molecule is CO[C@H](C)CNC(=O)NCCNC(=O)c1cccnc1. The minimum atomic E-state index is -0.287. The van der Waals surface area contributed by atoms with E-state index in [2.05, 4.69) is 20.9 Å². The second-order valence-electron chi connectivity index (χ2n) is 4.18. The molecule has 0 saturated heterocycles. The number of pyridine rings is 1. The standard InChI is InChI=1S/C13H20N4O3/c1-10(20-2)8-17-13(19)16-7-6-15-12(18)11-4-3-5-14-9-11/h3-5,9-10H,6-8H2,1-2H3,(H,15,18)(H2,16,17,19)/t10-/m1/s1. The zero-order chi connectivity index (χ0) is 14.8. The van der Waals surface area contributed by atoms with Crippen LogP contribution < -0.4 is 16.0 Å². The number of methoxy groups -OCH3 is 1. The monoisotopic (exact) mass is 280 g/mol. The van der Waals surface area contributed by atoms with Crippen molar-refractivity contribution >= 4 is 11.9 Å². The fourth-order valence-corrected chi connectivity index (χ4v) is 1.33. The van der Waals surface area contributed by atoms with Gasteiger partial charge in [-0.15, -0.1) is 0 Å². The van der Waals surface area contributed by atoms with Crippen molar-refractivity contribution in [3.63, 3.8) is 0 Å². The molecule has 110 valence electrons. The highest BCUT2D eigenvalue weighted by atomic mass is 16.5. The summed E-state index contributed by atoms with van der Waals surface area (Å²) in [6.07, 6.45) is 3.05. The van der Waals surface area contributed by atoms with E-state index in [0.717, 1.165) is 0 Å². The van der Waals surface area contributed by atoms with Crippen molar-refractivity contribution in [1.82, 2.24) is 20.9 Å². The normalized spacial score (nSPS) is 11.5. The quantitative estimate of drug-likeness (QED) is 0.620. The Bertz CT molecular complexity index is 425. The van der Waals surface area contributed by atoms with E-state index < -0.39 is 0 Å². The second kappa shape index (κ2) is 8.87. The highest BCUT2D eigenvalue weighted by molar-refractivity contribution is 5.93. The van der Waals surface area contributed by atoms with E-state index >= 15 is 0 Å². The molecule has 7 nitrogen and oxygen atoms in total. The molecule has 0 unspecified atom stereocenters. The predicted octanol–water partition coefficient (Wildman–Crippen LogP) is 0.146. The molecular weight excluding hydrogens is 260 g/mol. The van der Waals surface area contributed by atoms with Gasteiger partial charge >= 0.3 is 6.03 Å². The van der Waals surface area contributed by atoms with Crippen LogP contribution in [0.25, 0.3) is 0 Å². The fraction of sp³-hybridized carbons (Fsp3) is 0.462. The Morgan fingerprint density at radius 2 is 2.05 bits per heavy atom. The molecule has 0 spiro atoms. The summed E-state index contributed by atoms with van der Waals surface area (Å²) >= 11 is 0. The molecule has 7 heteroatoms. The number of hydrogen-bond acceptors (Lipinski definition) is 4. The van der Waals surface area contributed by atoms with Crippen molar-refractivity contribution in [2.24, 2.45) is 0 Å². The molecule has 1 rings (SSSR count). The number of rotatable bonds is 7. The second-order valence-corrected chi connectivity index (χ2v) is 4.18. The minimum Gasteiger partial charge on any atom is -0.380 e. The molecule has 0 aromatic carbocycles. The molecule has 0 aliphatic heterocycles. The van der Waals surface area contributed by atoms with Crippen LogP contribution in [0.1, 0.15) is 17.3 Å². The molecule has 20 heavy (non-hydrogen) atoms. The number of amides is 3. The lowest BCUT2D eigenvalue weighted by molar-refractivity contribution is 0.0953. The van der Waals surface area contributed by atoms with Crippen LogP contribution in [0.4, 0.5) is 4.79 Å². The highest BCUT2D eigenvalue weighted by Crippen LogP contribution is 1.94. The van der Waals surface area contributed by atoms with Gasteiger partial charge in [0.2, 0.25) is 0 Å². The number of carbonyl (C=O) groups is 2. The molecular formula is C13H20N4O3. The van der Waals surface area contributed by atoms with Gasteiger partial charge in [0.15, 0.2) is 0 Å². The Balaban J connectivity index is 2.13. The lowest BCUT2D eigenvalue weighted by Gasteiger charge is -2.12. The molecule has 1 atom stereocenters. The summed E-state index contributed by atoms with van der Waals surface area (Å²) in [5, 5.41) is 7.97. The summed E-state index contributed by atoms with van der Waals surface area (Å²) in [4.78, 5) is 26.9. The molecule has 0 fully saturated rings. The molecule has 0 bridgehead atoms. The van der Waals surface area contributed by atoms with Gasteiger partial charge in [-0.1, -0.05) is 0 Å². The summed E-state index contributed by atoms with van der Waals surface area (Å²) in [6, 6.07) is 3.08. The van der Waals surface area contributed by atoms with Gasteiger partial charge in [0.25, 0.3) is 5.91 Å². The largest absolute Gasteiger partial charge is 0.380 e. The first kappa shape index (κ1) is 15.9. The first-order chi connectivity index (χ1) is 9.63. The number of nitrogens with zero attached hydrogens (tertiary/aromatic N) is 1. The van der Waals surface area contributed by atoms with Gasteiger partial charge in [-0.25, -0.2) is 4.79 Å². The molecule has 3 N–H and O–H groups in total. The molecule has 1 heterocycles. The zero-order valence-electron chi connectivity index (χ0n) is 11.7. The van der Waals surface area contributed by atoms with Gasteiger partial charge in [-0.3, -0.25) is 9.78 Å². The van der Waals surface area contributed by atoms with Crippen LogP contribution in [-0.2, 0) is 4.74 Å². The fourth-order valence-electron chi connectivity index (χ4n) is 1.33. The number of urea groups is 1. The molecule has 0 saturated carbocycles. The summed E-state index contributed by atoms with van der Waals surface area (Å²) < 4.78 is 5.00. The summed E-state index contributed by atoms with van der Waals surface area (Å²) in [6.45, 7) is 2.99. The van der Waals surface area contributed by atoms with E-state index in [9.17, 15) is 9.59 Å². The summed E-state index contributed by atoms with van der Waals surface area (Å²) in [5.74, 6) is -0.215. The van der Waals surface area contributed by atoms with Crippen LogP contribution in [-0.4, -0.2) is 49.8 Å². The molecule has 1 aromatic heterocycles. The van der Waals surface area contributed by atoms with Crippen molar-refractivity contribution < 1.29 is 14.3 Å². The van der Waals surface area contributed by atoms with E-state index in [0.29, 0.717) is 25.2 Å². The van der Waals surface area contributed by atoms with Crippen LogP contribution >= 0.6 is 0 Å². The van der Waals surface area contributed by atoms with Crippen molar-refractivity contribution in [1.29, 1.82) is 0 Å². The van der Waals surface area contributed by atoms with Crippen LogP contribution in [0.3, 0.4) is 0 Å². The summed E-state index contributed by atoms with van der Waals surface area (Å²) in [5.41, 5.74) is 0.492. The maximum atomic E-state index is 11.6. The Kier molecular flexibility index (Phi) is 7.05. The topological polar surface area (TPSA) is 92.4 Å². The molecule has 0 radical (unpaired) electrons. The van der Waals surface area contributed by atoms with Gasteiger partial charge in [0.1, 0.15) is 0 Å². The number of carbonyl (C=O) groups excluding carboxylic acids is 2. The number of ether oxygens (including phenoxy) is 1. The first-order valence-corrected chi connectivity index (χ1v) is 6.36. The first-order valence-electron chi connectivity index (χ1n) is 6.36. The number of hydrogen-bond donors (Lipinski definition) is 3. The average Bonchev–Trinajstić information content (AvgIpc) is 2.49. The van der Waals surface area contributed by atoms with Crippen molar-refractivity contribution in [3.05, 3.63) is 30.1 Å². The summed E-state index contributed by atoms with van der Waals surface area (Å²) in [7, 11) is 1.58. The molecule has 3 amide bonds. The van der Waals surface area contributed by atoms with Crippen molar-refractivity contribution in [2.75, 3.05) is 26.7 Å². The lowest BCUT2D eigenvalue weighted by atomic mass is 10.3. The van der Waals surface area contributed by atoms with E-state index in [-0.39, 0.29) is 18.0 Å². The third-order valence-corrected chi connectivity index (χ3v) is 2.57. The van der Waals surface area contributed by atoms with Crippen molar-refractivity contribution in [2.45, 2.75) is 13.0 Å². The maximum Gasteiger partial charge on any atom is 0.314 e. The highest BCUT2D eigenvalue weighted by Gasteiger charge is 2.05. The zero-order valence-corrected chi connectivity index (χ0v) is 11.7. The van der Waals surface area contributed by atoms with E-state index in [1.54, 1.807) is 25.4 Å². The Morgan fingerprint density at radius 3 is 2.70 bits per heavy atom. The Labute approximate surface area is 118 Å². The van der Waals surface area contributed by atoms with Crippen LogP contribution in [0.15, 0.2) is 24.5 Å².